The topological polar surface area (TPSA) is 99.1 Å². The third-order valence-electron chi connectivity index (χ3n) is 3.95. The highest BCUT2D eigenvalue weighted by atomic mass is 16.6. The Kier molecular flexibility index (Phi) is 7.00. The van der Waals surface area contributed by atoms with Crippen LogP contribution in [0.25, 0.3) is 0 Å². The molecule has 0 radical (unpaired) electrons. The predicted molar refractivity (Wildman–Crippen MR) is 80.3 cm³/mol. The Morgan fingerprint density at radius 2 is 1.17 bits per heavy atom. The summed E-state index contributed by atoms with van der Waals surface area (Å²) in [5.74, 6) is -1.11. The number of aliphatic hydroxyl groups excluding tert-OH is 1. The first-order valence-electron chi connectivity index (χ1n) is 8.05. The van der Waals surface area contributed by atoms with Crippen molar-refractivity contribution in [1.29, 1.82) is 0 Å². The molecular formula is C16H26O7. The second kappa shape index (κ2) is 8.29. The molecule has 132 valence electrons. The fraction of sp³-hybridized carbons (Fsp3) is 0.812. The third kappa shape index (κ3) is 4.67. The van der Waals surface area contributed by atoms with Crippen molar-refractivity contribution in [2.24, 2.45) is 10.8 Å². The van der Waals surface area contributed by atoms with E-state index in [9.17, 15) is 14.4 Å². The molecule has 2 saturated carbocycles. The fourth-order valence-electron chi connectivity index (χ4n) is 2.02. The summed E-state index contributed by atoms with van der Waals surface area (Å²) >= 11 is 0. The van der Waals surface area contributed by atoms with Crippen LogP contribution in [-0.4, -0.2) is 49.4 Å². The third-order valence-corrected chi connectivity index (χ3v) is 3.95. The first-order valence-corrected chi connectivity index (χ1v) is 8.05. The molecule has 7 nitrogen and oxygen atoms in total. The quantitative estimate of drug-likeness (QED) is 0.425. The zero-order valence-corrected chi connectivity index (χ0v) is 14.1. The van der Waals surface area contributed by atoms with Crippen molar-refractivity contribution in [2.45, 2.75) is 46.5 Å². The Hall–Kier alpha value is -1.63. The molecule has 0 atom stereocenters. The van der Waals surface area contributed by atoms with Crippen LogP contribution in [0.1, 0.15) is 46.5 Å². The van der Waals surface area contributed by atoms with Gasteiger partial charge in [0.1, 0.15) is 0 Å². The highest BCUT2D eigenvalue weighted by Gasteiger charge is 2.59. The maximum absolute atomic E-state index is 11.3. The molecule has 0 aromatic heterocycles. The van der Waals surface area contributed by atoms with Crippen molar-refractivity contribution >= 4 is 17.9 Å². The van der Waals surface area contributed by atoms with Crippen molar-refractivity contribution in [3.63, 3.8) is 0 Å². The highest BCUT2D eigenvalue weighted by Crippen LogP contribution is 2.48. The fourth-order valence-corrected chi connectivity index (χ4v) is 2.02. The molecule has 0 heterocycles. The number of hydrogen-bond donors (Lipinski definition) is 1. The highest BCUT2D eigenvalue weighted by molar-refractivity contribution is 6.03. The van der Waals surface area contributed by atoms with Crippen molar-refractivity contribution < 1.29 is 33.7 Å². The number of aliphatic hydroxyl groups is 1. The molecule has 0 bridgehead atoms. The van der Waals surface area contributed by atoms with Crippen LogP contribution in [0.5, 0.6) is 0 Å². The Morgan fingerprint density at radius 3 is 1.43 bits per heavy atom. The van der Waals surface area contributed by atoms with Gasteiger partial charge in [-0.15, -0.1) is 0 Å². The molecule has 23 heavy (non-hydrogen) atoms. The molecule has 1 N–H and O–H groups in total. The number of carbonyl (C=O) groups excluding carboxylic acids is 3. The van der Waals surface area contributed by atoms with Gasteiger partial charge in [0, 0.05) is 0 Å². The normalized spacial score (nSPS) is 18.8. The summed E-state index contributed by atoms with van der Waals surface area (Å²) in [6, 6.07) is 0. The molecule has 7 heteroatoms. The Bertz CT molecular complexity index is 416. The van der Waals surface area contributed by atoms with Gasteiger partial charge >= 0.3 is 17.9 Å². The summed E-state index contributed by atoms with van der Waals surface area (Å²) in [6.45, 7) is 6.16. The Labute approximate surface area is 136 Å². The summed E-state index contributed by atoms with van der Waals surface area (Å²) < 4.78 is 14.4. The molecule has 2 rings (SSSR count). The van der Waals surface area contributed by atoms with Crippen LogP contribution in [0.15, 0.2) is 0 Å². The van der Waals surface area contributed by atoms with Crippen LogP contribution in [-0.2, 0) is 28.6 Å². The standard InChI is InChI=1S/C9H14O4.C7H12O3/c1-3-12-7(10)9(5-6-9)8(11)13-4-2;1-2-10-6(9)7(5-8)3-4-7/h3-6H2,1-2H3;8H,2-5H2,1H3. The van der Waals surface area contributed by atoms with Crippen LogP contribution >= 0.6 is 0 Å². The van der Waals surface area contributed by atoms with E-state index < -0.39 is 22.8 Å². The van der Waals surface area contributed by atoms with Crippen molar-refractivity contribution in [2.75, 3.05) is 26.4 Å². The maximum Gasteiger partial charge on any atom is 0.323 e. The van der Waals surface area contributed by atoms with Crippen LogP contribution in [0, 0.1) is 10.8 Å². The van der Waals surface area contributed by atoms with E-state index in [-0.39, 0.29) is 12.6 Å². The lowest BCUT2D eigenvalue weighted by Gasteiger charge is -2.11. The van der Waals surface area contributed by atoms with Gasteiger partial charge in [-0.25, -0.2) is 0 Å². The number of rotatable bonds is 7. The molecule has 0 aromatic rings. The predicted octanol–water partition coefficient (Wildman–Crippen LogP) is 1.21. The first kappa shape index (κ1) is 19.4. The van der Waals surface area contributed by atoms with Crippen LogP contribution in [0.2, 0.25) is 0 Å². The van der Waals surface area contributed by atoms with Crippen molar-refractivity contribution in [3.05, 3.63) is 0 Å². The summed E-state index contributed by atoms with van der Waals surface area (Å²) in [5.41, 5.74) is -1.46. The lowest BCUT2D eigenvalue weighted by atomic mass is 10.1. The Balaban J connectivity index is 0.000000238. The van der Waals surface area contributed by atoms with Gasteiger partial charge < -0.3 is 19.3 Å². The zero-order valence-electron chi connectivity index (χ0n) is 14.1. The smallest absolute Gasteiger partial charge is 0.323 e. The van der Waals surface area contributed by atoms with Gasteiger partial charge in [0.25, 0.3) is 0 Å². The minimum absolute atomic E-state index is 0.0637. The second-order valence-corrected chi connectivity index (χ2v) is 5.68. The lowest BCUT2D eigenvalue weighted by Crippen LogP contribution is -2.29. The van der Waals surface area contributed by atoms with Gasteiger partial charge in [-0.2, -0.15) is 0 Å². The summed E-state index contributed by atoms with van der Waals surface area (Å²) in [7, 11) is 0. The minimum atomic E-state index is -0.952. The van der Waals surface area contributed by atoms with Gasteiger partial charge in [-0.1, -0.05) is 0 Å². The summed E-state index contributed by atoms with van der Waals surface area (Å²) in [6.07, 6.45) is 2.68. The summed E-state index contributed by atoms with van der Waals surface area (Å²) in [4.78, 5) is 33.6. The number of ether oxygens (including phenoxy) is 3. The van der Waals surface area contributed by atoms with E-state index in [1.807, 2.05) is 0 Å². The maximum atomic E-state index is 11.3. The van der Waals surface area contributed by atoms with Crippen molar-refractivity contribution in [3.8, 4) is 0 Å². The first-order chi connectivity index (χ1) is 10.9. The van der Waals surface area contributed by atoms with Gasteiger partial charge in [0.2, 0.25) is 0 Å². The average molecular weight is 330 g/mol. The van der Waals surface area contributed by atoms with Crippen LogP contribution < -0.4 is 0 Å². The van der Waals surface area contributed by atoms with E-state index in [4.69, 9.17) is 19.3 Å². The van der Waals surface area contributed by atoms with Crippen molar-refractivity contribution in [1.82, 2.24) is 0 Å². The molecule has 2 fully saturated rings. The lowest BCUT2D eigenvalue weighted by molar-refractivity contribution is -0.164. The van der Waals surface area contributed by atoms with Gasteiger partial charge in [0.05, 0.1) is 31.8 Å². The molecule has 0 amide bonds. The van der Waals surface area contributed by atoms with E-state index >= 15 is 0 Å². The number of hydrogen-bond acceptors (Lipinski definition) is 7. The molecular weight excluding hydrogens is 304 g/mol. The van der Waals surface area contributed by atoms with E-state index in [0.717, 1.165) is 12.8 Å². The molecule has 0 aromatic carbocycles. The average Bonchev–Trinajstić information content (AvgIpc) is 3.41. The van der Waals surface area contributed by atoms with Crippen LogP contribution in [0.3, 0.4) is 0 Å². The zero-order chi connectivity index (χ0) is 17.5. The molecule has 2 aliphatic rings. The van der Waals surface area contributed by atoms with Gasteiger partial charge in [-0.3, -0.25) is 14.4 Å². The summed E-state index contributed by atoms with van der Waals surface area (Å²) in [5, 5.41) is 8.75. The van der Waals surface area contributed by atoms with Crippen LogP contribution in [0.4, 0.5) is 0 Å². The number of esters is 3. The van der Waals surface area contributed by atoms with E-state index in [1.54, 1.807) is 20.8 Å². The largest absolute Gasteiger partial charge is 0.465 e. The Morgan fingerprint density at radius 1 is 0.783 bits per heavy atom. The molecule has 2 aliphatic carbocycles. The van der Waals surface area contributed by atoms with E-state index in [1.165, 1.54) is 0 Å². The number of carbonyl (C=O) groups is 3. The van der Waals surface area contributed by atoms with Gasteiger partial charge in [0.15, 0.2) is 5.41 Å². The van der Waals surface area contributed by atoms with E-state index in [0.29, 0.717) is 32.7 Å². The molecule has 0 spiro atoms. The van der Waals surface area contributed by atoms with E-state index in [2.05, 4.69) is 0 Å². The molecule has 0 aliphatic heterocycles. The SMILES string of the molecule is CCOC(=O)C1(C(=O)OCC)CC1.CCOC(=O)C1(CO)CC1. The molecule has 0 unspecified atom stereocenters. The monoisotopic (exact) mass is 330 g/mol. The van der Waals surface area contributed by atoms with Gasteiger partial charge in [-0.05, 0) is 46.5 Å². The second-order valence-electron chi connectivity index (χ2n) is 5.68. The minimum Gasteiger partial charge on any atom is -0.465 e. The molecule has 0 saturated heterocycles.